The average molecular weight is 273 g/mol. The Morgan fingerprint density at radius 3 is 2.89 bits per heavy atom. The molecule has 1 aromatic rings. The van der Waals surface area contributed by atoms with E-state index < -0.39 is 0 Å². The van der Waals surface area contributed by atoms with E-state index in [4.69, 9.17) is 27.2 Å². The van der Waals surface area contributed by atoms with Gasteiger partial charge in [-0.3, -0.25) is 4.79 Å². The summed E-state index contributed by atoms with van der Waals surface area (Å²) < 4.78 is 4.90. The fourth-order valence-corrected chi connectivity index (χ4v) is 1.54. The highest BCUT2D eigenvalue weighted by Crippen LogP contribution is 2.19. The van der Waals surface area contributed by atoms with Crippen molar-refractivity contribution in [2.75, 3.05) is 26.1 Å². The normalized spacial score (nSPS) is 12.2. The quantitative estimate of drug-likeness (QED) is 0.676. The number of hydrogen-bond donors (Lipinski definition) is 3. The smallest absolute Gasteiger partial charge is 0.251 e. The number of carbonyl (C=O) groups excluding carboxylic acids is 1. The Labute approximate surface area is 111 Å². The van der Waals surface area contributed by atoms with Crippen LogP contribution in [-0.2, 0) is 4.74 Å². The molecule has 5 nitrogen and oxygen atoms in total. The molecule has 100 valence electrons. The fourth-order valence-electron chi connectivity index (χ4n) is 1.42. The van der Waals surface area contributed by atoms with E-state index >= 15 is 0 Å². The van der Waals surface area contributed by atoms with Gasteiger partial charge in [-0.05, 0) is 24.6 Å². The van der Waals surface area contributed by atoms with Crippen molar-refractivity contribution in [2.45, 2.75) is 12.5 Å². The SMILES string of the molecule is COCCC(CO)NC(=O)c1ccc(Cl)c(N)c1. The summed E-state index contributed by atoms with van der Waals surface area (Å²) in [4.78, 5) is 11.9. The van der Waals surface area contributed by atoms with Gasteiger partial charge in [-0.1, -0.05) is 11.6 Å². The number of nitrogens with two attached hydrogens (primary N) is 1. The minimum atomic E-state index is -0.339. The van der Waals surface area contributed by atoms with Gasteiger partial charge in [0.15, 0.2) is 0 Å². The molecule has 0 heterocycles. The summed E-state index contributed by atoms with van der Waals surface area (Å²) >= 11 is 5.77. The molecule has 0 radical (unpaired) electrons. The zero-order valence-electron chi connectivity index (χ0n) is 10.1. The Kier molecular flexibility index (Phi) is 5.91. The number of carbonyl (C=O) groups is 1. The molecule has 1 rings (SSSR count). The van der Waals surface area contributed by atoms with Gasteiger partial charge in [-0.25, -0.2) is 0 Å². The molecule has 18 heavy (non-hydrogen) atoms. The van der Waals surface area contributed by atoms with Gasteiger partial charge in [0.1, 0.15) is 0 Å². The van der Waals surface area contributed by atoms with Crippen LogP contribution in [0.3, 0.4) is 0 Å². The summed E-state index contributed by atoms with van der Waals surface area (Å²) in [6, 6.07) is 4.31. The van der Waals surface area contributed by atoms with E-state index in [2.05, 4.69) is 5.32 Å². The Bertz CT molecular complexity index is 412. The lowest BCUT2D eigenvalue weighted by Gasteiger charge is -2.16. The molecule has 1 aromatic carbocycles. The number of ether oxygens (including phenoxy) is 1. The van der Waals surface area contributed by atoms with Crippen LogP contribution in [0.15, 0.2) is 18.2 Å². The summed E-state index contributed by atoms with van der Waals surface area (Å²) in [5.41, 5.74) is 6.38. The molecule has 6 heteroatoms. The van der Waals surface area contributed by atoms with Crippen LogP contribution in [0.2, 0.25) is 5.02 Å². The lowest BCUT2D eigenvalue weighted by molar-refractivity contribution is 0.0895. The molecule has 1 amide bonds. The molecule has 0 aliphatic carbocycles. The van der Waals surface area contributed by atoms with Gasteiger partial charge in [0.2, 0.25) is 0 Å². The van der Waals surface area contributed by atoms with Crippen LogP contribution in [0.25, 0.3) is 0 Å². The van der Waals surface area contributed by atoms with E-state index in [0.29, 0.717) is 29.3 Å². The molecule has 0 aliphatic rings. The van der Waals surface area contributed by atoms with Crippen molar-refractivity contribution in [3.05, 3.63) is 28.8 Å². The third kappa shape index (κ3) is 4.18. The third-order valence-corrected chi connectivity index (χ3v) is 2.83. The molecule has 1 unspecified atom stereocenters. The Morgan fingerprint density at radius 1 is 1.61 bits per heavy atom. The molecule has 0 fully saturated rings. The number of aliphatic hydroxyl groups is 1. The first-order valence-corrected chi connectivity index (χ1v) is 5.92. The molecular weight excluding hydrogens is 256 g/mol. The van der Waals surface area contributed by atoms with E-state index in [9.17, 15) is 4.79 Å². The lowest BCUT2D eigenvalue weighted by Crippen LogP contribution is -2.38. The van der Waals surface area contributed by atoms with Gasteiger partial charge in [-0.15, -0.1) is 0 Å². The molecule has 4 N–H and O–H groups in total. The first-order valence-electron chi connectivity index (χ1n) is 5.54. The predicted octanol–water partition coefficient (Wildman–Crippen LogP) is 1.05. The number of halogens is 1. The van der Waals surface area contributed by atoms with Crippen molar-refractivity contribution in [3.8, 4) is 0 Å². The molecule has 0 aromatic heterocycles. The van der Waals surface area contributed by atoms with Crippen molar-refractivity contribution >= 4 is 23.2 Å². The second-order valence-corrected chi connectivity index (χ2v) is 4.28. The van der Waals surface area contributed by atoms with Crippen molar-refractivity contribution in [2.24, 2.45) is 0 Å². The molecule has 0 saturated carbocycles. The van der Waals surface area contributed by atoms with Crippen LogP contribution >= 0.6 is 11.6 Å². The Morgan fingerprint density at radius 2 is 2.33 bits per heavy atom. The summed E-state index contributed by atoms with van der Waals surface area (Å²) in [5.74, 6) is -0.298. The number of nitrogens with one attached hydrogen (secondary N) is 1. The highest BCUT2D eigenvalue weighted by molar-refractivity contribution is 6.33. The summed E-state index contributed by atoms with van der Waals surface area (Å²) in [6.45, 7) is 0.326. The highest BCUT2D eigenvalue weighted by atomic mass is 35.5. The van der Waals surface area contributed by atoms with Crippen LogP contribution in [0.4, 0.5) is 5.69 Å². The van der Waals surface area contributed by atoms with Crippen LogP contribution in [-0.4, -0.2) is 37.4 Å². The van der Waals surface area contributed by atoms with Crippen molar-refractivity contribution in [1.29, 1.82) is 0 Å². The van der Waals surface area contributed by atoms with Crippen molar-refractivity contribution in [3.63, 3.8) is 0 Å². The Balaban J connectivity index is 2.65. The molecular formula is C12H17ClN2O3. The van der Waals surface area contributed by atoms with Crippen LogP contribution in [0, 0.1) is 0 Å². The van der Waals surface area contributed by atoms with E-state index in [1.165, 1.54) is 6.07 Å². The highest BCUT2D eigenvalue weighted by Gasteiger charge is 2.13. The van der Waals surface area contributed by atoms with Gasteiger partial charge in [-0.2, -0.15) is 0 Å². The second-order valence-electron chi connectivity index (χ2n) is 3.87. The molecule has 0 spiro atoms. The number of aliphatic hydroxyl groups excluding tert-OH is 1. The number of methoxy groups -OCH3 is 1. The van der Waals surface area contributed by atoms with E-state index in [0.717, 1.165) is 0 Å². The van der Waals surface area contributed by atoms with Crippen LogP contribution < -0.4 is 11.1 Å². The van der Waals surface area contributed by atoms with E-state index in [1.54, 1.807) is 19.2 Å². The number of benzene rings is 1. The molecule has 0 bridgehead atoms. The molecule has 0 aliphatic heterocycles. The van der Waals surface area contributed by atoms with Crippen molar-refractivity contribution in [1.82, 2.24) is 5.32 Å². The van der Waals surface area contributed by atoms with Crippen LogP contribution in [0.5, 0.6) is 0 Å². The maximum Gasteiger partial charge on any atom is 0.251 e. The van der Waals surface area contributed by atoms with Gasteiger partial charge < -0.3 is 20.9 Å². The number of anilines is 1. The van der Waals surface area contributed by atoms with E-state index in [1.807, 2.05) is 0 Å². The maximum atomic E-state index is 11.9. The zero-order valence-corrected chi connectivity index (χ0v) is 10.9. The fraction of sp³-hybridized carbons (Fsp3) is 0.417. The summed E-state index contributed by atoms with van der Waals surface area (Å²) in [6.07, 6.45) is 0.543. The standard InChI is InChI=1S/C12H17ClN2O3/c1-18-5-4-9(7-16)15-12(17)8-2-3-10(13)11(14)6-8/h2-3,6,9,16H,4-5,7,14H2,1H3,(H,15,17). The largest absolute Gasteiger partial charge is 0.398 e. The maximum absolute atomic E-state index is 11.9. The van der Waals surface area contributed by atoms with Gasteiger partial charge >= 0.3 is 0 Å². The summed E-state index contributed by atoms with van der Waals surface area (Å²) in [5, 5.41) is 12.2. The zero-order chi connectivity index (χ0) is 13.5. The first-order chi connectivity index (χ1) is 8.58. The number of amides is 1. The average Bonchev–Trinajstić information content (AvgIpc) is 2.37. The first kappa shape index (κ1) is 14.8. The second kappa shape index (κ2) is 7.20. The molecule has 1 atom stereocenters. The predicted molar refractivity (Wildman–Crippen MR) is 70.7 cm³/mol. The van der Waals surface area contributed by atoms with Crippen LogP contribution in [0.1, 0.15) is 16.8 Å². The number of nitrogen functional groups attached to an aromatic ring is 1. The topological polar surface area (TPSA) is 84.6 Å². The van der Waals surface area contributed by atoms with Crippen molar-refractivity contribution < 1.29 is 14.6 Å². The Hall–Kier alpha value is -1.30. The number of rotatable bonds is 6. The monoisotopic (exact) mass is 272 g/mol. The van der Waals surface area contributed by atoms with Gasteiger partial charge in [0.25, 0.3) is 5.91 Å². The number of hydrogen-bond acceptors (Lipinski definition) is 4. The minimum Gasteiger partial charge on any atom is -0.398 e. The van der Waals surface area contributed by atoms with E-state index in [-0.39, 0.29) is 18.6 Å². The lowest BCUT2D eigenvalue weighted by atomic mass is 10.1. The van der Waals surface area contributed by atoms with Gasteiger partial charge in [0.05, 0.1) is 23.4 Å². The summed E-state index contributed by atoms with van der Waals surface area (Å²) in [7, 11) is 1.57. The minimum absolute atomic E-state index is 0.141. The molecule has 0 saturated heterocycles. The van der Waals surface area contributed by atoms with Gasteiger partial charge in [0, 0.05) is 19.3 Å². The third-order valence-electron chi connectivity index (χ3n) is 2.48.